The number of carbonyl (C=O) groups is 1. The number of hydrogen-bond donors (Lipinski definition) is 1. The molecule has 0 unspecified atom stereocenters. The van der Waals surface area contributed by atoms with E-state index in [1.54, 1.807) is 12.1 Å². The summed E-state index contributed by atoms with van der Waals surface area (Å²) in [7, 11) is 0. The fourth-order valence-electron chi connectivity index (χ4n) is 3.97. The van der Waals surface area contributed by atoms with Gasteiger partial charge >= 0.3 is 0 Å². The SMILES string of the molecule is CC(C)C[C@@H](NC(=O)C1CCN(Cc2ccc(Cl)cc2F)CC1)c1ccccc1. The third-order valence-corrected chi connectivity index (χ3v) is 5.83. The Balaban J connectivity index is 1.54. The van der Waals surface area contributed by atoms with E-state index in [0.29, 0.717) is 23.0 Å². The van der Waals surface area contributed by atoms with Crippen molar-refractivity contribution in [2.75, 3.05) is 13.1 Å². The van der Waals surface area contributed by atoms with Crippen molar-refractivity contribution in [1.29, 1.82) is 0 Å². The van der Waals surface area contributed by atoms with Crippen LogP contribution in [0.1, 0.15) is 50.3 Å². The van der Waals surface area contributed by atoms with Crippen molar-refractivity contribution in [2.45, 2.75) is 45.7 Å². The average molecular weight is 417 g/mol. The van der Waals surface area contributed by atoms with Gasteiger partial charge in [0.2, 0.25) is 5.91 Å². The molecule has 0 bridgehead atoms. The number of benzene rings is 2. The first-order valence-electron chi connectivity index (χ1n) is 10.4. The lowest BCUT2D eigenvalue weighted by Gasteiger charge is -2.32. The standard InChI is InChI=1S/C24H30ClFN2O/c1-17(2)14-23(18-6-4-3-5-7-18)27-24(29)19-10-12-28(13-11-19)16-20-8-9-21(25)15-22(20)26/h3-9,15,17,19,23H,10-14,16H2,1-2H3,(H,27,29)/t23-/m1/s1. The Morgan fingerprint density at radius 1 is 1.17 bits per heavy atom. The number of rotatable bonds is 7. The fourth-order valence-corrected chi connectivity index (χ4v) is 4.13. The zero-order valence-electron chi connectivity index (χ0n) is 17.2. The van der Waals surface area contributed by atoms with Gasteiger partial charge < -0.3 is 5.32 Å². The Kier molecular flexibility index (Phi) is 7.68. The molecule has 1 atom stereocenters. The smallest absolute Gasteiger partial charge is 0.223 e. The molecule has 29 heavy (non-hydrogen) atoms. The van der Waals surface area contributed by atoms with Crippen LogP contribution in [0, 0.1) is 17.7 Å². The predicted octanol–water partition coefficient (Wildman–Crippen LogP) is 5.59. The number of piperidine rings is 1. The van der Waals surface area contributed by atoms with Crippen LogP contribution in [0.5, 0.6) is 0 Å². The number of amides is 1. The van der Waals surface area contributed by atoms with Crippen LogP contribution in [0.3, 0.4) is 0 Å². The maximum absolute atomic E-state index is 14.0. The Labute approximate surface area is 178 Å². The summed E-state index contributed by atoms with van der Waals surface area (Å²) in [6.07, 6.45) is 2.51. The molecule has 2 aromatic carbocycles. The van der Waals surface area contributed by atoms with Crippen molar-refractivity contribution in [1.82, 2.24) is 10.2 Å². The molecular formula is C24H30ClFN2O. The monoisotopic (exact) mass is 416 g/mol. The number of nitrogens with one attached hydrogen (secondary N) is 1. The van der Waals surface area contributed by atoms with Gasteiger partial charge in [0.05, 0.1) is 6.04 Å². The van der Waals surface area contributed by atoms with E-state index in [-0.39, 0.29) is 23.7 Å². The van der Waals surface area contributed by atoms with Gasteiger partial charge in [0.25, 0.3) is 0 Å². The van der Waals surface area contributed by atoms with E-state index in [2.05, 4.69) is 36.2 Å². The Morgan fingerprint density at radius 2 is 1.86 bits per heavy atom. The molecule has 2 aromatic rings. The van der Waals surface area contributed by atoms with E-state index in [9.17, 15) is 9.18 Å². The highest BCUT2D eigenvalue weighted by Crippen LogP contribution is 2.25. The molecule has 1 amide bonds. The highest BCUT2D eigenvalue weighted by molar-refractivity contribution is 6.30. The predicted molar refractivity (Wildman–Crippen MR) is 116 cm³/mol. The van der Waals surface area contributed by atoms with Gasteiger partial charge in [-0.2, -0.15) is 0 Å². The normalized spacial score (nSPS) is 16.7. The fraction of sp³-hybridized carbons (Fsp3) is 0.458. The van der Waals surface area contributed by atoms with Crippen LogP contribution in [-0.2, 0) is 11.3 Å². The topological polar surface area (TPSA) is 32.3 Å². The highest BCUT2D eigenvalue weighted by Gasteiger charge is 2.27. The summed E-state index contributed by atoms with van der Waals surface area (Å²) in [5.74, 6) is 0.380. The van der Waals surface area contributed by atoms with Crippen LogP contribution >= 0.6 is 11.6 Å². The lowest BCUT2D eigenvalue weighted by molar-refractivity contribution is -0.127. The number of hydrogen-bond acceptors (Lipinski definition) is 2. The Hall–Kier alpha value is -1.91. The van der Waals surface area contributed by atoms with Crippen LogP contribution in [0.4, 0.5) is 4.39 Å². The first kappa shape index (κ1) is 21.8. The summed E-state index contributed by atoms with van der Waals surface area (Å²) in [5, 5.41) is 3.70. The molecule has 1 N–H and O–H groups in total. The molecule has 0 saturated carbocycles. The lowest BCUT2D eigenvalue weighted by atomic mass is 9.92. The van der Waals surface area contributed by atoms with E-state index < -0.39 is 0 Å². The van der Waals surface area contributed by atoms with Gasteiger partial charge in [0.15, 0.2) is 0 Å². The summed E-state index contributed by atoms with van der Waals surface area (Å²) in [6.45, 7) is 6.49. The molecule has 1 heterocycles. The molecule has 5 heteroatoms. The van der Waals surface area contributed by atoms with Gasteiger partial charge in [-0.3, -0.25) is 9.69 Å². The quantitative estimate of drug-likeness (QED) is 0.637. The van der Waals surface area contributed by atoms with Crippen molar-refractivity contribution < 1.29 is 9.18 Å². The Bertz CT molecular complexity index is 804. The molecule has 1 aliphatic rings. The molecule has 156 valence electrons. The minimum absolute atomic E-state index is 0.0136. The van der Waals surface area contributed by atoms with Crippen LogP contribution in [0.15, 0.2) is 48.5 Å². The zero-order valence-corrected chi connectivity index (χ0v) is 18.0. The minimum atomic E-state index is -0.267. The second kappa shape index (κ2) is 10.2. The molecule has 1 fully saturated rings. The first-order chi connectivity index (χ1) is 13.9. The van der Waals surface area contributed by atoms with Crippen molar-refractivity contribution in [3.05, 3.63) is 70.5 Å². The van der Waals surface area contributed by atoms with Gasteiger partial charge in [-0.05, 0) is 56.0 Å². The van der Waals surface area contributed by atoms with Crippen LogP contribution in [-0.4, -0.2) is 23.9 Å². The van der Waals surface area contributed by atoms with Crippen LogP contribution in [0.25, 0.3) is 0 Å². The number of nitrogens with zero attached hydrogens (tertiary/aromatic N) is 1. The summed E-state index contributed by atoms with van der Waals surface area (Å²) in [6, 6.07) is 15.1. The van der Waals surface area contributed by atoms with Crippen LogP contribution < -0.4 is 5.32 Å². The van der Waals surface area contributed by atoms with Crippen molar-refractivity contribution >= 4 is 17.5 Å². The van der Waals surface area contributed by atoms with Crippen molar-refractivity contribution in [3.63, 3.8) is 0 Å². The van der Waals surface area contributed by atoms with E-state index >= 15 is 0 Å². The summed E-state index contributed by atoms with van der Waals surface area (Å²) in [4.78, 5) is 15.1. The molecule has 0 radical (unpaired) electrons. The Morgan fingerprint density at radius 3 is 2.48 bits per heavy atom. The molecule has 3 rings (SSSR count). The van der Waals surface area contributed by atoms with E-state index in [1.807, 2.05) is 18.2 Å². The van der Waals surface area contributed by atoms with Crippen LogP contribution in [0.2, 0.25) is 5.02 Å². The van der Waals surface area contributed by atoms with E-state index in [4.69, 9.17) is 11.6 Å². The van der Waals surface area contributed by atoms with Gasteiger partial charge in [0.1, 0.15) is 5.82 Å². The second-order valence-corrected chi connectivity index (χ2v) is 8.82. The molecule has 1 saturated heterocycles. The number of halogens is 2. The van der Waals surface area contributed by atoms with Gasteiger partial charge in [0, 0.05) is 23.0 Å². The maximum Gasteiger partial charge on any atom is 0.223 e. The van der Waals surface area contributed by atoms with Gasteiger partial charge in [-0.15, -0.1) is 0 Å². The molecule has 1 aliphatic heterocycles. The maximum atomic E-state index is 14.0. The minimum Gasteiger partial charge on any atom is -0.349 e. The first-order valence-corrected chi connectivity index (χ1v) is 10.8. The van der Waals surface area contributed by atoms with Gasteiger partial charge in [-0.1, -0.05) is 61.8 Å². The molecular weight excluding hydrogens is 387 g/mol. The number of carbonyl (C=O) groups excluding carboxylic acids is 1. The summed E-state index contributed by atoms with van der Waals surface area (Å²) in [5.41, 5.74) is 1.81. The average Bonchev–Trinajstić information content (AvgIpc) is 2.70. The van der Waals surface area contributed by atoms with E-state index in [0.717, 1.165) is 37.9 Å². The van der Waals surface area contributed by atoms with Crippen molar-refractivity contribution in [3.8, 4) is 0 Å². The zero-order chi connectivity index (χ0) is 20.8. The molecule has 0 aromatic heterocycles. The molecule has 0 aliphatic carbocycles. The van der Waals surface area contributed by atoms with Gasteiger partial charge in [-0.25, -0.2) is 4.39 Å². The number of likely N-dealkylation sites (tertiary alicyclic amines) is 1. The second-order valence-electron chi connectivity index (χ2n) is 8.39. The molecule has 3 nitrogen and oxygen atoms in total. The third kappa shape index (κ3) is 6.28. The summed E-state index contributed by atoms with van der Waals surface area (Å²) < 4.78 is 14.0. The largest absolute Gasteiger partial charge is 0.349 e. The lowest BCUT2D eigenvalue weighted by Crippen LogP contribution is -2.41. The van der Waals surface area contributed by atoms with E-state index in [1.165, 1.54) is 6.07 Å². The third-order valence-electron chi connectivity index (χ3n) is 5.59. The molecule has 0 spiro atoms. The van der Waals surface area contributed by atoms with Crippen molar-refractivity contribution in [2.24, 2.45) is 11.8 Å². The summed E-state index contributed by atoms with van der Waals surface area (Å²) >= 11 is 5.83. The highest BCUT2D eigenvalue weighted by atomic mass is 35.5.